The molecule has 2 N–H and O–H groups in total. The molecule has 0 aromatic carbocycles. The number of rotatable bonds is 4. The first-order valence-electron chi connectivity index (χ1n) is 4.32. The summed E-state index contributed by atoms with van der Waals surface area (Å²) >= 11 is 0. The van der Waals surface area contributed by atoms with Crippen LogP contribution < -0.4 is 0 Å². The lowest BCUT2D eigenvalue weighted by molar-refractivity contribution is -0.110. The van der Waals surface area contributed by atoms with Gasteiger partial charge in [-0.2, -0.15) is 0 Å². The third kappa shape index (κ3) is 16.3. The number of carbonyl (C=O) groups excluding carboxylic acids is 1. The van der Waals surface area contributed by atoms with Gasteiger partial charge in [0, 0.05) is 12.5 Å². The molecule has 0 heterocycles. The summed E-state index contributed by atoms with van der Waals surface area (Å²) in [5.41, 5.74) is 0. The van der Waals surface area contributed by atoms with Crippen LogP contribution in [0.1, 0.15) is 33.6 Å². The fourth-order valence-corrected chi connectivity index (χ4v) is 0.353. The van der Waals surface area contributed by atoms with Gasteiger partial charge in [-0.15, -0.1) is 0 Å². The minimum absolute atomic E-state index is 0.0923. The Kier molecular flexibility index (Phi) is 12.5. The second-order valence-electron chi connectivity index (χ2n) is 2.95. The van der Waals surface area contributed by atoms with E-state index in [0.29, 0.717) is 6.42 Å². The van der Waals surface area contributed by atoms with Crippen LogP contribution in [0.5, 0.6) is 0 Å². The van der Waals surface area contributed by atoms with E-state index in [1.54, 1.807) is 0 Å². The summed E-state index contributed by atoms with van der Waals surface area (Å²) < 4.78 is 0. The molecule has 0 saturated heterocycles. The van der Waals surface area contributed by atoms with Crippen LogP contribution in [0.15, 0.2) is 0 Å². The molecule has 0 spiro atoms. The average Bonchev–Trinajstić information content (AvgIpc) is 2.06. The first kappa shape index (κ1) is 14.1. The predicted octanol–water partition coefficient (Wildman–Crippen LogP) is 0.981. The third-order valence-electron chi connectivity index (χ3n) is 1.21. The van der Waals surface area contributed by atoms with Crippen LogP contribution in [-0.2, 0) is 4.79 Å². The monoisotopic (exact) mass is 176 g/mol. The maximum atomic E-state index is 9.50. The molecular weight excluding hydrogens is 156 g/mol. The van der Waals surface area contributed by atoms with Crippen LogP contribution in [-0.4, -0.2) is 29.2 Å². The fraction of sp³-hybridized carbons (Fsp3) is 0.889. The maximum absolute atomic E-state index is 9.50. The quantitative estimate of drug-likeness (QED) is 0.628. The molecule has 0 aromatic heterocycles. The second-order valence-corrected chi connectivity index (χ2v) is 2.95. The molecule has 3 nitrogen and oxygen atoms in total. The molecule has 0 bridgehead atoms. The molecule has 3 heteroatoms. The van der Waals surface area contributed by atoms with E-state index >= 15 is 0 Å². The minimum Gasteiger partial charge on any atom is -0.396 e. The molecule has 0 rings (SSSR count). The highest BCUT2D eigenvalue weighted by Gasteiger charge is 1.95. The first-order valence-corrected chi connectivity index (χ1v) is 4.32. The zero-order valence-electron chi connectivity index (χ0n) is 8.16. The Morgan fingerprint density at radius 2 is 1.83 bits per heavy atom. The number of hydrogen-bond donors (Lipinski definition) is 2. The summed E-state index contributed by atoms with van der Waals surface area (Å²) in [6.45, 7) is 5.69. The van der Waals surface area contributed by atoms with Crippen LogP contribution >= 0.6 is 0 Å². The van der Waals surface area contributed by atoms with Gasteiger partial charge in [0.15, 0.2) is 0 Å². The molecule has 0 saturated carbocycles. The van der Waals surface area contributed by atoms with Crippen LogP contribution in [0.4, 0.5) is 0 Å². The van der Waals surface area contributed by atoms with Crippen molar-refractivity contribution in [2.75, 3.05) is 6.61 Å². The largest absolute Gasteiger partial charge is 0.396 e. The van der Waals surface area contributed by atoms with E-state index in [0.717, 1.165) is 12.7 Å². The summed E-state index contributed by atoms with van der Waals surface area (Å²) in [6, 6.07) is 0. The van der Waals surface area contributed by atoms with Gasteiger partial charge in [-0.1, -0.05) is 20.8 Å². The van der Waals surface area contributed by atoms with Gasteiger partial charge in [-0.25, -0.2) is 0 Å². The van der Waals surface area contributed by atoms with Gasteiger partial charge < -0.3 is 15.0 Å². The highest BCUT2D eigenvalue weighted by molar-refractivity contribution is 5.51. The fourth-order valence-electron chi connectivity index (χ4n) is 0.353. The van der Waals surface area contributed by atoms with Crippen molar-refractivity contribution >= 4 is 6.29 Å². The third-order valence-corrected chi connectivity index (χ3v) is 1.21. The summed E-state index contributed by atoms with van der Waals surface area (Å²) in [7, 11) is 0. The van der Waals surface area contributed by atoms with Gasteiger partial charge >= 0.3 is 0 Å². The normalized spacial score (nSPS) is 11.8. The van der Waals surface area contributed by atoms with Crippen LogP contribution in [0.2, 0.25) is 0 Å². The van der Waals surface area contributed by atoms with E-state index in [9.17, 15) is 4.79 Å². The summed E-state index contributed by atoms with van der Waals surface area (Å²) in [4.78, 5) is 9.50. The summed E-state index contributed by atoms with van der Waals surface area (Å²) in [5, 5.41) is 16.9. The van der Waals surface area contributed by atoms with Crippen LogP contribution in [0.3, 0.4) is 0 Å². The molecule has 0 aromatic rings. The summed E-state index contributed by atoms with van der Waals surface area (Å²) in [6.07, 6.45) is 1.86. The van der Waals surface area contributed by atoms with Gasteiger partial charge in [0.25, 0.3) is 0 Å². The molecule has 12 heavy (non-hydrogen) atoms. The molecule has 0 radical (unpaired) electrons. The van der Waals surface area contributed by atoms with Crippen molar-refractivity contribution in [1.29, 1.82) is 0 Å². The van der Waals surface area contributed by atoms with Gasteiger partial charge in [0.1, 0.15) is 6.29 Å². The molecule has 1 atom stereocenters. The van der Waals surface area contributed by atoms with Crippen LogP contribution in [0, 0.1) is 5.92 Å². The lowest BCUT2D eigenvalue weighted by Gasteiger charge is -2.01. The highest BCUT2D eigenvalue weighted by Crippen LogP contribution is 1.92. The average molecular weight is 176 g/mol. The zero-order valence-corrected chi connectivity index (χ0v) is 8.16. The standard InChI is InChI=1S/C5H12O2.C4H8O/c1-2-5(7)3-4-6;1-4(2)3-5/h5-7H,2-4H2,1H3;3-4H,1-2H3. The van der Waals surface area contributed by atoms with Crippen molar-refractivity contribution in [1.82, 2.24) is 0 Å². The molecule has 0 amide bonds. The smallest absolute Gasteiger partial charge is 0.122 e. The lowest BCUT2D eigenvalue weighted by atomic mass is 10.2. The first-order chi connectivity index (χ1) is 5.58. The van der Waals surface area contributed by atoms with Crippen molar-refractivity contribution in [2.24, 2.45) is 5.92 Å². The minimum atomic E-state index is -0.301. The molecule has 74 valence electrons. The SMILES string of the molecule is CC(C)C=O.CCC(O)CCO. The van der Waals surface area contributed by atoms with Gasteiger partial charge in [0.2, 0.25) is 0 Å². The molecule has 0 aliphatic carbocycles. The molecular formula is C9H20O3. The van der Waals surface area contributed by atoms with E-state index in [-0.39, 0.29) is 18.6 Å². The zero-order chi connectivity index (χ0) is 9.98. The lowest BCUT2D eigenvalue weighted by Crippen LogP contribution is -2.05. The second kappa shape index (κ2) is 10.6. The van der Waals surface area contributed by atoms with E-state index in [1.807, 2.05) is 20.8 Å². The predicted molar refractivity (Wildman–Crippen MR) is 48.9 cm³/mol. The van der Waals surface area contributed by atoms with Crippen molar-refractivity contribution < 1.29 is 15.0 Å². The van der Waals surface area contributed by atoms with E-state index < -0.39 is 0 Å². The van der Waals surface area contributed by atoms with Crippen molar-refractivity contribution in [3.05, 3.63) is 0 Å². The van der Waals surface area contributed by atoms with Crippen LogP contribution in [0.25, 0.3) is 0 Å². The maximum Gasteiger partial charge on any atom is 0.122 e. The van der Waals surface area contributed by atoms with Gasteiger partial charge in [-0.05, 0) is 12.8 Å². The Labute approximate surface area is 74.4 Å². The Morgan fingerprint density at radius 1 is 1.42 bits per heavy atom. The Morgan fingerprint density at radius 3 is 1.92 bits per heavy atom. The van der Waals surface area contributed by atoms with Gasteiger partial charge in [0.05, 0.1) is 6.10 Å². The Bertz CT molecular complexity index is 91.8. The molecule has 0 aliphatic rings. The topological polar surface area (TPSA) is 57.5 Å². The summed E-state index contributed by atoms with van der Waals surface area (Å²) in [5.74, 6) is 0.204. The Balaban J connectivity index is 0. The number of hydrogen-bond acceptors (Lipinski definition) is 3. The number of aldehydes is 1. The van der Waals surface area contributed by atoms with Crippen molar-refractivity contribution in [3.8, 4) is 0 Å². The molecule has 0 aliphatic heterocycles. The molecule has 0 fully saturated rings. The van der Waals surface area contributed by atoms with Crippen molar-refractivity contribution in [3.63, 3.8) is 0 Å². The van der Waals surface area contributed by atoms with Crippen molar-refractivity contribution in [2.45, 2.75) is 39.7 Å². The number of aliphatic hydroxyl groups excluding tert-OH is 2. The Hall–Kier alpha value is -0.410. The number of aliphatic hydroxyl groups is 2. The number of carbonyl (C=O) groups is 1. The van der Waals surface area contributed by atoms with Gasteiger partial charge in [-0.3, -0.25) is 0 Å². The highest BCUT2D eigenvalue weighted by atomic mass is 16.3. The molecule has 1 unspecified atom stereocenters. The van der Waals surface area contributed by atoms with E-state index in [2.05, 4.69) is 0 Å². The van der Waals surface area contributed by atoms with E-state index in [1.165, 1.54) is 0 Å². The van der Waals surface area contributed by atoms with E-state index in [4.69, 9.17) is 10.2 Å².